The number of guanidine groups is 1. The van der Waals surface area contributed by atoms with E-state index in [1.807, 2.05) is 68.6 Å². The lowest BCUT2D eigenvalue weighted by Crippen LogP contribution is -2.32. The molecule has 0 saturated heterocycles. The molecule has 0 bridgehead atoms. The molecule has 0 radical (unpaired) electrons. The van der Waals surface area contributed by atoms with Crippen LogP contribution in [0.4, 0.5) is 17.3 Å². The molecule has 0 fully saturated rings. The van der Waals surface area contributed by atoms with Crippen molar-refractivity contribution in [2.24, 2.45) is 4.99 Å². The normalized spacial score (nSPS) is 13.7. The van der Waals surface area contributed by atoms with Crippen molar-refractivity contribution in [2.75, 3.05) is 30.0 Å². The number of fused-ring (bicyclic) bond motifs is 1. The molecule has 37 heavy (non-hydrogen) atoms. The third-order valence-electron chi connectivity index (χ3n) is 5.54. The lowest BCUT2D eigenvalue weighted by Gasteiger charge is -2.26. The highest BCUT2D eigenvalue weighted by molar-refractivity contribution is 5.98. The zero-order chi connectivity index (χ0) is 26.4. The van der Waals surface area contributed by atoms with Crippen molar-refractivity contribution in [3.8, 4) is 29.5 Å². The Morgan fingerprint density at radius 1 is 1.03 bits per heavy atom. The standard InChI is InChI=1S/C26H26N8O3/c1-3-35-19-9-8-15(10-20(19)36-4-2)13-37-17-7-5-6-16(11-17)23-21-22(29)18(12-27)24(30)33-25(21)34-26(32-23)31-14-28/h5-11,23H,3-4,13H2,1-2H3,(H6,29,30,31,32,33,34). The molecule has 0 amide bonds. The minimum absolute atomic E-state index is 0.0120. The Kier molecular flexibility index (Phi) is 7.45. The molecule has 2 heterocycles. The number of aliphatic imine (C=N–C) groups is 1. The van der Waals surface area contributed by atoms with Crippen molar-refractivity contribution in [3.63, 3.8) is 0 Å². The molecule has 1 unspecified atom stereocenters. The molecule has 11 heteroatoms. The van der Waals surface area contributed by atoms with Crippen molar-refractivity contribution >= 4 is 23.3 Å². The molecule has 0 saturated carbocycles. The van der Waals surface area contributed by atoms with E-state index in [0.29, 0.717) is 48.5 Å². The van der Waals surface area contributed by atoms with Gasteiger partial charge in [-0.2, -0.15) is 10.5 Å². The van der Waals surface area contributed by atoms with Crippen LogP contribution in [0.5, 0.6) is 17.2 Å². The predicted molar refractivity (Wildman–Crippen MR) is 139 cm³/mol. The van der Waals surface area contributed by atoms with E-state index >= 15 is 0 Å². The SMILES string of the molecule is CCOc1ccc(COc2cccc(C3N=C(NC#N)Nc4nc(N)c(C#N)c(N)c43)c2)cc1OCC. The lowest BCUT2D eigenvalue weighted by molar-refractivity contribution is 0.283. The lowest BCUT2D eigenvalue weighted by atomic mass is 9.95. The van der Waals surface area contributed by atoms with Crippen molar-refractivity contribution in [3.05, 3.63) is 64.7 Å². The van der Waals surface area contributed by atoms with Crippen LogP contribution in [0.3, 0.4) is 0 Å². The molecule has 1 atom stereocenters. The first-order chi connectivity index (χ1) is 18.0. The maximum atomic E-state index is 9.52. The van der Waals surface area contributed by atoms with Gasteiger partial charge in [0.1, 0.15) is 41.7 Å². The van der Waals surface area contributed by atoms with E-state index in [9.17, 15) is 5.26 Å². The van der Waals surface area contributed by atoms with Crippen molar-refractivity contribution in [1.29, 1.82) is 10.5 Å². The first kappa shape index (κ1) is 24.9. The largest absolute Gasteiger partial charge is 0.490 e. The van der Waals surface area contributed by atoms with Gasteiger partial charge in [0.05, 0.1) is 18.9 Å². The van der Waals surface area contributed by atoms with E-state index in [1.165, 1.54) is 0 Å². The minimum atomic E-state index is -0.661. The van der Waals surface area contributed by atoms with E-state index in [0.717, 1.165) is 11.1 Å². The quantitative estimate of drug-likeness (QED) is 0.266. The molecule has 0 spiro atoms. The molecule has 0 aliphatic carbocycles. The molecule has 1 aliphatic rings. The van der Waals surface area contributed by atoms with Crippen molar-refractivity contribution < 1.29 is 14.2 Å². The Morgan fingerprint density at radius 2 is 1.81 bits per heavy atom. The van der Waals surface area contributed by atoms with Gasteiger partial charge < -0.3 is 31.0 Å². The van der Waals surface area contributed by atoms with Gasteiger partial charge in [0, 0.05) is 5.56 Å². The molecule has 4 rings (SSSR count). The molecule has 3 aromatic rings. The summed E-state index contributed by atoms with van der Waals surface area (Å²) in [4.78, 5) is 8.86. The van der Waals surface area contributed by atoms with Gasteiger partial charge >= 0.3 is 0 Å². The number of anilines is 3. The van der Waals surface area contributed by atoms with Gasteiger partial charge in [0.2, 0.25) is 5.96 Å². The number of nitrogens with zero attached hydrogens (tertiary/aromatic N) is 4. The molecule has 188 valence electrons. The Bertz CT molecular complexity index is 1420. The zero-order valence-corrected chi connectivity index (χ0v) is 20.4. The molecule has 1 aromatic heterocycles. The van der Waals surface area contributed by atoms with Gasteiger partial charge in [-0.25, -0.2) is 9.98 Å². The number of aromatic nitrogens is 1. The van der Waals surface area contributed by atoms with Crippen LogP contribution in [-0.2, 0) is 6.61 Å². The Balaban J connectivity index is 1.64. The van der Waals surface area contributed by atoms with Gasteiger partial charge in [0.25, 0.3) is 0 Å². The number of ether oxygens (including phenoxy) is 3. The fourth-order valence-electron chi connectivity index (χ4n) is 3.95. The average molecular weight is 499 g/mol. The Labute approximate surface area is 214 Å². The maximum Gasteiger partial charge on any atom is 0.211 e. The monoisotopic (exact) mass is 498 g/mol. The second-order valence-corrected chi connectivity index (χ2v) is 7.91. The number of nitrogen functional groups attached to an aromatic ring is 2. The molecular formula is C26H26N8O3. The maximum absolute atomic E-state index is 9.52. The van der Waals surface area contributed by atoms with Gasteiger partial charge in [-0.1, -0.05) is 18.2 Å². The highest BCUT2D eigenvalue weighted by atomic mass is 16.5. The van der Waals surface area contributed by atoms with E-state index in [1.54, 1.807) is 0 Å². The van der Waals surface area contributed by atoms with Crippen LogP contribution < -0.4 is 36.3 Å². The number of nitrogens with one attached hydrogen (secondary N) is 2. The minimum Gasteiger partial charge on any atom is -0.490 e. The number of hydrogen-bond acceptors (Lipinski definition) is 11. The Morgan fingerprint density at radius 3 is 2.54 bits per heavy atom. The average Bonchev–Trinajstić information content (AvgIpc) is 2.89. The van der Waals surface area contributed by atoms with Crippen LogP contribution in [0.15, 0.2) is 47.5 Å². The summed E-state index contributed by atoms with van der Waals surface area (Å²) < 4.78 is 17.4. The van der Waals surface area contributed by atoms with E-state index in [2.05, 4.69) is 20.6 Å². The summed E-state index contributed by atoms with van der Waals surface area (Å²) >= 11 is 0. The summed E-state index contributed by atoms with van der Waals surface area (Å²) in [6.45, 7) is 5.19. The molecular weight excluding hydrogens is 472 g/mol. The highest BCUT2D eigenvalue weighted by Crippen LogP contribution is 2.41. The van der Waals surface area contributed by atoms with Crippen LogP contribution in [0, 0.1) is 22.8 Å². The summed E-state index contributed by atoms with van der Waals surface area (Å²) in [5.74, 6) is 2.42. The summed E-state index contributed by atoms with van der Waals surface area (Å²) in [5, 5.41) is 24.0. The van der Waals surface area contributed by atoms with Gasteiger partial charge in [0.15, 0.2) is 17.7 Å². The van der Waals surface area contributed by atoms with Gasteiger partial charge in [-0.3, -0.25) is 5.32 Å². The number of rotatable bonds is 8. The number of nitriles is 2. The third kappa shape index (κ3) is 5.26. The van der Waals surface area contributed by atoms with Crippen LogP contribution in [0.1, 0.15) is 42.1 Å². The highest BCUT2D eigenvalue weighted by Gasteiger charge is 2.29. The van der Waals surface area contributed by atoms with Gasteiger partial charge in [-0.15, -0.1) is 0 Å². The predicted octanol–water partition coefficient (Wildman–Crippen LogP) is 3.44. The fourth-order valence-corrected chi connectivity index (χ4v) is 3.95. The first-order valence-corrected chi connectivity index (χ1v) is 11.6. The van der Waals surface area contributed by atoms with Gasteiger partial charge in [-0.05, 0) is 49.2 Å². The number of nitrogens with two attached hydrogens (primary N) is 2. The van der Waals surface area contributed by atoms with Crippen molar-refractivity contribution in [2.45, 2.75) is 26.5 Å². The topological polar surface area (TPSA) is 177 Å². The van der Waals surface area contributed by atoms with E-state index in [-0.39, 0.29) is 23.0 Å². The third-order valence-corrected chi connectivity index (χ3v) is 5.54. The van der Waals surface area contributed by atoms with Crippen LogP contribution in [0.25, 0.3) is 0 Å². The summed E-state index contributed by atoms with van der Waals surface area (Å²) in [6, 6.07) is 14.3. The molecule has 6 N–H and O–H groups in total. The van der Waals surface area contributed by atoms with E-state index < -0.39 is 6.04 Å². The second-order valence-electron chi connectivity index (χ2n) is 7.91. The number of pyridine rings is 1. The zero-order valence-electron chi connectivity index (χ0n) is 20.4. The van der Waals surface area contributed by atoms with E-state index in [4.69, 9.17) is 30.9 Å². The second kappa shape index (κ2) is 11.1. The first-order valence-electron chi connectivity index (χ1n) is 11.6. The Hall–Kier alpha value is -5.16. The van der Waals surface area contributed by atoms with Crippen LogP contribution in [-0.4, -0.2) is 24.2 Å². The molecule has 11 nitrogen and oxygen atoms in total. The van der Waals surface area contributed by atoms with Crippen LogP contribution in [0.2, 0.25) is 0 Å². The fraction of sp³-hybridized carbons (Fsp3) is 0.231. The summed E-state index contributed by atoms with van der Waals surface area (Å²) in [6.07, 6.45) is 1.84. The number of hydrogen-bond donors (Lipinski definition) is 4. The molecule has 1 aliphatic heterocycles. The summed E-state index contributed by atoms with van der Waals surface area (Å²) in [7, 11) is 0. The summed E-state index contributed by atoms with van der Waals surface area (Å²) in [5.41, 5.74) is 14.6. The van der Waals surface area contributed by atoms with Crippen LogP contribution >= 0.6 is 0 Å². The molecule has 2 aromatic carbocycles. The van der Waals surface area contributed by atoms with Crippen molar-refractivity contribution in [1.82, 2.24) is 10.3 Å². The smallest absolute Gasteiger partial charge is 0.211 e. The number of benzene rings is 2.